The van der Waals surface area contributed by atoms with Crippen LogP contribution in [0.1, 0.15) is 26.7 Å². The number of hydrazine groups is 2. The second kappa shape index (κ2) is 7.21. The topological polar surface area (TPSA) is 116 Å². The fraction of sp³-hybridized carbons (Fsp3) is 0.500. The van der Waals surface area contributed by atoms with Crippen LogP contribution in [0.3, 0.4) is 0 Å². The van der Waals surface area contributed by atoms with Crippen molar-refractivity contribution in [2.75, 3.05) is 0 Å². The molecular formula is C8H14N4O4. The van der Waals surface area contributed by atoms with E-state index in [-0.39, 0.29) is 12.8 Å². The molecule has 4 amide bonds. The summed E-state index contributed by atoms with van der Waals surface area (Å²) in [4.78, 5) is 42.8. The van der Waals surface area contributed by atoms with Gasteiger partial charge in [0.05, 0.1) is 0 Å². The minimum absolute atomic E-state index is 0.0916. The van der Waals surface area contributed by atoms with Crippen molar-refractivity contribution >= 4 is 23.6 Å². The molecule has 8 nitrogen and oxygen atoms in total. The van der Waals surface area contributed by atoms with Crippen LogP contribution in [-0.2, 0) is 19.2 Å². The van der Waals surface area contributed by atoms with Crippen molar-refractivity contribution in [3.8, 4) is 0 Å². The second-order valence-corrected chi connectivity index (χ2v) is 2.96. The summed E-state index contributed by atoms with van der Waals surface area (Å²) in [6.07, 6.45) is -0.183. The van der Waals surface area contributed by atoms with E-state index in [1.165, 1.54) is 13.8 Å². The molecule has 0 unspecified atom stereocenters. The van der Waals surface area contributed by atoms with Gasteiger partial charge in [0.2, 0.25) is 23.6 Å². The Kier molecular flexibility index (Phi) is 6.25. The van der Waals surface area contributed by atoms with E-state index >= 15 is 0 Å². The highest BCUT2D eigenvalue weighted by molar-refractivity contribution is 5.86. The largest absolute Gasteiger partial charge is 0.274 e. The predicted molar refractivity (Wildman–Crippen MR) is 53.2 cm³/mol. The monoisotopic (exact) mass is 230 g/mol. The SMILES string of the molecule is CC(=O)NNC(=O)CCC(=O)NNC(C)=O. The second-order valence-electron chi connectivity index (χ2n) is 2.96. The average molecular weight is 230 g/mol. The minimum Gasteiger partial charge on any atom is -0.274 e. The van der Waals surface area contributed by atoms with Crippen LogP contribution in [0.5, 0.6) is 0 Å². The lowest BCUT2D eigenvalue weighted by molar-refractivity contribution is -0.131. The number of hydrogen-bond acceptors (Lipinski definition) is 4. The molecule has 0 saturated carbocycles. The molecule has 0 rings (SSSR count). The Labute approximate surface area is 92.1 Å². The lowest BCUT2D eigenvalue weighted by Gasteiger charge is -2.06. The van der Waals surface area contributed by atoms with E-state index in [4.69, 9.17) is 0 Å². The van der Waals surface area contributed by atoms with Gasteiger partial charge in [0.15, 0.2) is 0 Å². The van der Waals surface area contributed by atoms with Gasteiger partial charge in [-0.3, -0.25) is 40.9 Å². The number of amides is 4. The zero-order chi connectivity index (χ0) is 12.6. The third-order valence-corrected chi connectivity index (χ3v) is 1.34. The summed E-state index contributed by atoms with van der Waals surface area (Å²) in [6.45, 7) is 2.48. The van der Waals surface area contributed by atoms with E-state index in [0.29, 0.717) is 0 Å². The smallest absolute Gasteiger partial charge is 0.238 e. The highest BCUT2D eigenvalue weighted by Crippen LogP contribution is 1.87. The van der Waals surface area contributed by atoms with E-state index in [1.807, 2.05) is 0 Å². The number of hydrogen-bond donors (Lipinski definition) is 4. The van der Waals surface area contributed by atoms with E-state index in [2.05, 4.69) is 21.7 Å². The van der Waals surface area contributed by atoms with Gasteiger partial charge in [-0.1, -0.05) is 0 Å². The molecule has 4 N–H and O–H groups in total. The van der Waals surface area contributed by atoms with E-state index < -0.39 is 23.6 Å². The summed E-state index contributed by atoms with van der Waals surface area (Å²) >= 11 is 0. The maximum absolute atomic E-state index is 11.0. The van der Waals surface area contributed by atoms with Crippen LogP contribution < -0.4 is 21.7 Å². The van der Waals surface area contributed by atoms with Gasteiger partial charge in [0, 0.05) is 26.7 Å². The highest BCUT2D eigenvalue weighted by Gasteiger charge is 2.06. The molecule has 0 aliphatic heterocycles. The van der Waals surface area contributed by atoms with Crippen molar-refractivity contribution < 1.29 is 19.2 Å². The van der Waals surface area contributed by atoms with E-state index in [1.54, 1.807) is 0 Å². The molecule has 0 aromatic rings. The lowest BCUT2D eigenvalue weighted by Crippen LogP contribution is -2.42. The molecular weight excluding hydrogens is 216 g/mol. The standard InChI is InChI=1S/C8H14N4O4/c1-5(13)9-11-7(15)3-4-8(16)12-10-6(2)14/h3-4H2,1-2H3,(H,9,13)(H,10,14)(H,11,15)(H,12,16). The average Bonchev–Trinajstić information content (AvgIpc) is 2.20. The summed E-state index contributed by atoms with van der Waals surface area (Å²) in [5.41, 5.74) is 8.35. The predicted octanol–water partition coefficient (Wildman–Crippen LogP) is -1.90. The molecule has 16 heavy (non-hydrogen) atoms. The van der Waals surface area contributed by atoms with Crippen molar-refractivity contribution in [1.82, 2.24) is 21.7 Å². The first-order chi connectivity index (χ1) is 7.41. The number of carbonyl (C=O) groups excluding carboxylic acids is 4. The molecule has 8 heteroatoms. The third-order valence-electron chi connectivity index (χ3n) is 1.34. The molecule has 0 atom stereocenters. The summed E-state index contributed by atoms with van der Waals surface area (Å²) in [5.74, 6) is -1.80. The molecule has 0 fully saturated rings. The fourth-order valence-corrected chi connectivity index (χ4v) is 0.668. The van der Waals surface area contributed by atoms with Crippen LogP contribution in [0.2, 0.25) is 0 Å². The van der Waals surface area contributed by atoms with E-state index in [9.17, 15) is 19.2 Å². The highest BCUT2D eigenvalue weighted by atomic mass is 16.2. The van der Waals surface area contributed by atoms with Crippen molar-refractivity contribution in [2.24, 2.45) is 0 Å². The quantitative estimate of drug-likeness (QED) is 0.424. The van der Waals surface area contributed by atoms with Crippen LogP contribution in [0.4, 0.5) is 0 Å². The van der Waals surface area contributed by atoms with Crippen molar-refractivity contribution in [2.45, 2.75) is 26.7 Å². The molecule has 0 aromatic carbocycles. The van der Waals surface area contributed by atoms with Crippen LogP contribution in [0.15, 0.2) is 0 Å². The van der Waals surface area contributed by atoms with Gasteiger partial charge in [0.25, 0.3) is 0 Å². The van der Waals surface area contributed by atoms with Crippen molar-refractivity contribution in [3.63, 3.8) is 0 Å². The van der Waals surface area contributed by atoms with Gasteiger partial charge in [-0.2, -0.15) is 0 Å². The Hall–Kier alpha value is -2.12. The first kappa shape index (κ1) is 13.9. The third kappa shape index (κ3) is 8.48. The summed E-state index contributed by atoms with van der Waals surface area (Å²) in [5, 5.41) is 0. The summed E-state index contributed by atoms with van der Waals surface area (Å²) in [6, 6.07) is 0. The molecule has 0 heterocycles. The van der Waals surface area contributed by atoms with Gasteiger partial charge in [-0.25, -0.2) is 0 Å². The molecule has 0 spiro atoms. The maximum Gasteiger partial charge on any atom is 0.238 e. The van der Waals surface area contributed by atoms with Crippen LogP contribution in [0, 0.1) is 0 Å². The molecule has 0 saturated heterocycles. The van der Waals surface area contributed by atoms with Gasteiger partial charge in [-0.05, 0) is 0 Å². The number of carbonyl (C=O) groups is 4. The Morgan fingerprint density at radius 1 is 0.688 bits per heavy atom. The molecule has 0 aliphatic carbocycles. The Balaban J connectivity index is 3.63. The van der Waals surface area contributed by atoms with Gasteiger partial charge in [-0.15, -0.1) is 0 Å². The Bertz CT molecular complexity index is 272. The summed E-state index contributed by atoms with van der Waals surface area (Å²) < 4.78 is 0. The Morgan fingerprint density at radius 3 is 1.25 bits per heavy atom. The fourth-order valence-electron chi connectivity index (χ4n) is 0.668. The normalized spacial score (nSPS) is 8.88. The zero-order valence-corrected chi connectivity index (χ0v) is 9.05. The van der Waals surface area contributed by atoms with Gasteiger partial charge < -0.3 is 0 Å². The van der Waals surface area contributed by atoms with Crippen molar-refractivity contribution in [1.29, 1.82) is 0 Å². The Morgan fingerprint density at radius 2 is 1.00 bits per heavy atom. The number of nitrogens with one attached hydrogen (secondary N) is 4. The zero-order valence-electron chi connectivity index (χ0n) is 9.05. The van der Waals surface area contributed by atoms with Gasteiger partial charge >= 0.3 is 0 Å². The summed E-state index contributed by atoms with van der Waals surface area (Å²) in [7, 11) is 0. The number of rotatable bonds is 3. The lowest BCUT2D eigenvalue weighted by atomic mass is 10.3. The molecule has 0 aromatic heterocycles. The van der Waals surface area contributed by atoms with Crippen LogP contribution in [-0.4, -0.2) is 23.6 Å². The van der Waals surface area contributed by atoms with E-state index in [0.717, 1.165) is 0 Å². The van der Waals surface area contributed by atoms with Crippen LogP contribution >= 0.6 is 0 Å². The molecule has 0 aliphatic rings. The first-order valence-electron chi connectivity index (χ1n) is 4.52. The minimum atomic E-state index is -0.492. The van der Waals surface area contributed by atoms with Crippen LogP contribution in [0.25, 0.3) is 0 Å². The molecule has 90 valence electrons. The van der Waals surface area contributed by atoms with Gasteiger partial charge in [0.1, 0.15) is 0 Å². The molecule has 0 radical (unpaired) electrons. The first-order valence-corrected chi connectivity index (χ1v) is 4.52. The van der Waals surface area contributed by atoms with Crippen molar-refractivity contribution in [3.05, 3.63) is 0 Å². The maximum atomic E-state index is 11.0. The molecule has 0 bridgehead atoms.